The van der Waals surface area contributed by atoms with Crippen molar-refractivity contribution in [2.75, 3.05) is 6.54 Å². The molecule has 0 aliphatic heterocycles. The van der Waals surface area contributed by atoms with E-state index in [4.69, 9.17) is 5.10 Å². The molecule has 0 spiro atoms. The maximum Gasteiger partial charge on any atom is 0.206 e. The monoisotopic (exact) mass is 366 g/mol. The lowest BCUT2D eigenvalue weighted by Crippen LogP contribution is -2.12. The van der Waals surface area contributed by atoms with Gasteiger partial charge < -0.3 is 4.98 Å². The summed E-state index contributed by atoms with van der Waals surface area (Å²) in [6.45, 7) is 4.87. The Morgan fingerprint density at radius 2 is 2.04 bits per heavy atom. The second-order valence-electron chi connectivity index (χ2n) is 5.62. The Hall–Kier alpha value is -2.44. The largest absolute Gasteiger partial charge is 0.358 e. The number of nitrogens with one attached hydrogen (secondary N) is 1. The van der Waals surface area contributed by atoms with Crippen LogP contribution in [0, 0.1) is 6.92 Å². The Balaban J connectivity index is 1.85. The summed E-state index contributed by atoms with van der Waals surface area (Å²) in [6.07, 6.45) is 1.94. The van der Waals surface area contributed by atoms with Gasteiger partial charge in [0.05, 0.1) is 16.8 Å². The Morgan fingerprint density at radius 1 is 1.16 bits per heavy atom. The summed E-state index contributed by atoms with van der Waals surface area (Å²) in [5.74, 6) is 0. The fraction of sp³-hybridized carbons (Fsp3) is 0.158. The molecular formula is C19H18N4S2. The van der Waals surface area contributed by atoms with Gasteiger partial charge in [-0.25, -0.2) is 4.68 Å². The summed E-state index contributed by atoms with van der Waals surface area (Å²) in [5, 5.41) is 10.2. The third-order valence-corrected chi connectivity index (χ3v) is 5.74. The van der Waals surface area contributed by atoms with Crippen LogP contribution in [-0.4, -0.2) is 22.4 Å². The van der Waals surface area contributed by atoms with Crippen molar-refractivity contribution in [3.63, 3.8) is 0 Å². The zero-order valence-electron chi connectivity index (χ0n) is 14.1. The van der Waals surface area contributed by atoms with Crippen molar-refractivity contribution in [1.29, 1.82) is 0 Å². The van der Waals surface area contributed by atoms with Crippen LogP contribution in [0.1, 0.15) is 18.2 Å². The maximum absolute atomic E-state index is 4.79. The topological polar surface area (TPSA) is 45.4 Å². The first-order valence-corrected chi connectivity index (χ1v) is 9.90. The second kappa shape index (κ2) is 6.82. The van der Waals surface area contributed by atoms with Gasteiger partial charge in [0, 0.05) is 34.1 Å². The number of hydrogen-bond donors (Lipinski definition) is 1. The van der Waals surface area contributed by atoms with Crippen LogP contribution in [0.2, 0.25) is 0 Å². The molecule has 3 aromatic heterocycles. The molecule has 126 valence electrons. The molecule has 0 atom stereocenters. The van der Waals surface area contributed by atoms with Gasteiger partial charge >= 0.3 is 0 Å². The van der Waals surface area contributed by atoms with Crippen molar-refractivity contribution in [3.8, 4) is 10.6 Å². The molecule has 1 aromatic carbocycles. The molecule has 0 unspecified atom stereocenters. The van der Waals surface area contributed by atoms with Crippen molar-refractivity contribution in [1.82, 2.24) is 9.66 Å². The van der Waals surface area contributed by atoms with Gasteiger partial charge in [0.15, 0.2) is 0 Å². The van der Waals surface area contributed by atoms with Gasteiger partial charge in [0.2, 0.25) is 4.80 Å². The molecule has 0 aliphatic rings. The van der Waals surface area contributed by atoms with Gasteiger partial charge in [-0.2, -0.15) is 5.10 Å². The molecule has 3 heterocycles. The van der Waals surface area contributed by atoms with Crippen LogP contribution in [0.3, 0.4) is 0 Å². The molecule has 4 aromatic rings. The first kappa shape index (κ1) is 16.1. The molecule has 1 N–H and O–H groups in total. The van der Waals surface area contributed by atoms with Crippen LogP contribution in [0.4, 0.5) is 0 Å². The molecule has 0 fully saturated rings. The fourth-order valence-electron chi connectivity index (χ4n) is 2.83. The number of fused-ring (bicyclic) bond motifs is 1. The fourth-order valence-corrected chi connectivity index (χ4v) is 4.52. The number of H-pyrrole nitrogens is 1. The Kier molecular flexibility index (Phi) is 4.38. The van der Waals surface area contributed by atoms with Gasteiger partial charge in [0.1, 0.15) is 0 Å². The summed E-state index contributed by atoms with van der Waals surface area (Å²) >= 11 is 3.34. The molecule has 4 nitrogen and oxygen atoms in total. The molecule has 0 saturated heterocycles. The molecule has 4 rings (SSSR count). The smallest absolute Gasteiger partial charge is 0.206 e. The zero-order chi connectivity index (χ0) is 17.2. The van der Waals surface area contributed by atoms with Crippen LogP contribution < -0.4 is 4.80 Å². The van der Waals surface area contributed by atoms with E-state index in [2.05, 4.69) is 58.0 Å². The van der Waals surface area contributed by atoms with Gasteiger partial charge in [0.25, 0.3) is 0 Å². The number of para-hydroxylation sites is 1. The Bertz CT molecular complexity index is 1090. The quantitative estimate of drug-likeness (QED) is 0.501. The van der Waals surface area contributed by atoms with Gasteiger partial charge in [-0.15, -0.1) is 22.7 Å². The number of aromatic amines is 1. The maximum atomic E-state index is 4.79. The zero-order valence-corrected chi connectivity index (χ0v) is 15.7. The Morgan fingerprint density at radius 3 is 2.84 bits per heavy atom. The highest BCUT2D eigenvalue weighted by molar-refractivity contribution is 7.14. The molecular weight excluding hydrogens is 348 g/mol. The van der Waals surface area contributed by atoms with Crippen LogP contribution >= 0.6 is 22.7 Å². The van der Waals surface area contributed by atoms with E-state index < -0.39 is 0 Å². The lowest BCUT2D eigenvalue weighted by Gasteiger charge is -2.01. The summed E-state index contributed by atoms with van der Waals surface area (Å²) in [6, 6.07) is 12.5. The van der Waals surface area contributed by atoms with E-state index in [0.29, 0.717) is 0 Å². The molecule has 0 bridgehead atoms. The van der Waals surface area contributed by atoms with Crippen LogP contribution in [0.15, 0.2) is 57.3 Å². The SMILES string of the molecule is CCN=c1scc(-c2cccs2)n1N=Cc1c(C)[nH]c2ccccc12. The van der Waals surface area contributed by atoms with Crippen molar-refractivity contribution in [2.45, 2.75) is 13.8 Å². The Labute approximate surface area is 153 Å². The van der Waals surface area contributed by atoms with Gasteiger partial charge in [-0.1, -0.05) is 24.3 Å². The molecule has 0 radical (unpaired) electrons. The first-order valence-electron chi connectivity index (χ1n) is 8.14. The average Bonchev–Trinajstić information content (AvgIpc) is 3.32. The predicted octanol–water partition coefficient (Wildman–Crippen LogP) is 4.87. The lowest BCUT2D eigenvalue weighted by molar-refractivity contribution is 0.834. The summed E-state index contributed by atoms with van der Waals surface area (Å²) in [7, 11) is 0. The van der Waals surface area contributed by atoms with Crippen LogP contribution in [0.25, 0.3) is 21.5 Å². The van der Waals surface area contributed by atoms with E-state index in [9.17, 15) is 0 Å². The number of benzene rings is 1. The third kappa shape index (κ3) is 2.99. The normalized spacial score (nSPS) is 12.6. The lowest BCUT2D eigenvalue weighted by atomic mass is 10.1. The highest BCUT2D eigenvalue weighted by Crippen LogP contribution is 2.25. The van der Waals surface area contributed by atoms with Crippen molar-refractivity contribution < 1.29 is 0 Å². The number of thiazole rings is 1. The van der Waals surface area contributed by atoms with E-state index in [0.717, 1.165) is 33.8 Å². The number of aryl methyl sites for hydroxylation is 1. The highest BCUT2D eigenvalue weighted by atomic mass is 32.1. The minimum absolute atomic E-state index is 0.742. The van der Waals surface area contributed by atoms with E-state index in [-0.39, 0.29) is 0 Å². The van der Waals surface area contributed by atoms with Crippen LogP contribution in [-0.2, 0) is 0 Å². The average molecular weight is 367 g/mol. The number of thiophene rings is 1. The number of nitrogens with zero attached hydrogens (tertiary/aromatic N) is 3. The van der Waals surface area contributed by atoms with E-state index in [1.165, 1.54) is 10.3 Å². The van der Waals surface area contributed by atoms with Gasteiger partial charge in [-0.3, -0.25) is 4.99 Å². The standard InChI is InChI=1S/C19H18N4S2/c1-3-20-19-23(17(12-25-19)18-9-6-10-24-18)21-11-15-13(2)22-16-8-5-4-7-14(15)16/h4-12,22H,3H2,1-2H3. The number of aromatic nitrogens is 2. The first-order chi connectivity index (χ1) is 12.3. The van der Waals surface area contributed by atoms with E-state index in [1.807, 2.05) is 23.9 Å². The molecule has 25 heavy (non-hydrogen) atoms. The predicted molar refractivity (Wildman–Crippen MR) is 108 cm³/mol. The molecule has 0 aliphatic carbocycles. The number of hydrogen-bond acceptors (Lipinski definition) is 4. The minimum atomic E-state index is 0.742. The molecule has 6 heteroatoms. The second-order valence-corrected chi connectivity index (χ2v) is 7.41. The van der Waals surface area contributed by atoms with Crippen molar-refractivity contribution in [3.05, 3.63) is 63.2 Å². The van der Waals surface area contributed by atoms with E-state index >= 15 is 0 Å². The third-order valence-electron chi connectivity index (χ3n) is 4.00. The van der Waals surface area contributed by atoms with Crippen molar-refractivity contribution in [2.24, 2.45) is 10.1 Å². The molecule has 0 saturated carbocycles. The summed E-state index contributed by atoms with van der Waals surface area (Å²) < 4.78 is 1.95. The van der Waals surface area contributed by atoms with Crippen molar-refractivity contribution >= 4 is 39.8 Å². The van der Waals surface area contributed by atoms with Crippen LogP contribution in [0.5, 0.6) is 0 Å². The summed E-state index contributed by atoms with van der Waals surface area (Å²) in [4.78, 5) is 10.1. The molecule has 0 amide bonds. The summed E-state index contributed by atoms with van der Waals surface area (Å²) in [5.41, 5.74) is 4.45. The van der Waals surface area contributed by atoms with Gasteiger partial charge in [-0.05, 0) is 31.4 Å². The van der Waals surface area contributed by atoms with E-state index in [1.54, 1.807) is 22.7 Å². The number of rotatable bonds is 4. The minimum Gasteiger partial charge on any atom is -0.358 e. The highest BCUT2D eigenvalue weighted by Gasteiger charge is 2.09.